The van der Waals surface area contributed by atoms with Gasteiger partial charge in [-0.05, 0) is 60.1 Å². The highest BCUT2D eigenvalue weighted by atomic mass is 32.1. The molecule has 6 heteroatoms. The van der Waals surface area contributed by atoms with Gasteiger partial charge in [0.05, 0.1) is 0 Å². The zero-order valence-electron chi connectivity index (χ0n) is 14.4. The van der Waals surface area contributed by atoms with Crippen LogP contribution in [0.25, 0.3) is 0 Å². The Kier molecular flexibility index (Phi) is 5.07. The van der Waals surface area contributed by atoms with Crippen molar-refractivity contribution in [3.8, 4) is 0 Å². The molecule has 1 saturated heterocycles. The van der Waals surface area contributed by atoms with E-state index < -0.39 is 5.91 Å². The first kappa shape index (κ1) is 18.5. The van der Waals surface area contributed by atoms with Crippen LogP contribution in [0.5, 0.6) is 0 Å². The van der Waals surface area contributed by atoms with Gasteiger partial charge in [0.15, 0.2) is 0 Å². The van der Waals surface area contributed by atoms with E-state index in [2.05, 4.69) is 0 Å². The molecule has 0 aromatic heterocycles. The molecule has 0 unspecified atom stereocenters. The minimum atomic E-state index is -0.490. The summed E-state index contributed by atoms with van der Waals surface area (Å²) in [4.78, 5) is 26.2. The number of fused-ring (bicyclic) bond motifs is 1. The number of likely N-dealkylation sites (tertiary alicyclic amines) is 1. The molecule has 2 N–H and O–H groups in total. The van der Waals surface area contributed by atoms with Crippen LogP contribution in [0.2, 0.25) is 0 Å². The topological polar surface area (TPSA) is 69.6 Å². The van der Waals surface area contributed by atoms with Gasteiger partial charge in [0.1, 0.15) is 0 Å². The average molecular weight is 370 g/mol. The SMILES string of the molecule is O=C(NO)c1ccc2c(c1)C[C@]1(CCN(C(=O)c3ccccc3)C1)C2.S. The predicted molar refractivity (Wildman–Crippen MR) is 103 cm³/mol. The highest BCUT2D eigenvalue weighted by Crippen LogP contribution is 2.44. The first-order valence-corrected chi connectivity index (χ1v) is 8.51. The molecule has 1 heterocycles. The zero-order valence-corrected chi connectivity index (χ0v) is 15.4. The molecule has 5 nitrogen and oxygen atoms in total. The van der Waals surface area contributed by atoms with Crippen LogP contribution in [0.3, 0.4) is 0 Å². The molecule has 2 aromatic rings. The number of benzene rings is 2. The third kappa shape index (κ3) is 3.22. The zero-order chi connectivity index (χ0) is 17.4. The lowest BCUT2D eigenvalue weighted by molar-refractivity contribution is 0.0706. The molecule has 0 bridgehead atoms. The Morgan fingerprint density at radius 3 is 2.46 bits per heavy atom. The van der Waals surface area contributed by atoms with Gasteiger partial charge in [0.2, 0.25) is 0 Å². The Morgan fingerprint density at radius 2 is 1.73 bits per heavy atom. The summed E-state index contributed by atoms with van der Waals surface area (Å²) in [6, 6.07) is 15.0. The molecule has 136 valence electrons. The minimum Gasteiger partial charge on any atom is -0.338 e. The van der Waals surface area contributed by atoms with Gasteiger partial charge >= 0.3 is 0 Å². The maximum absolute atomic E-state index is 12.7. The second-order valence-corrected chi connectivity index (χ2v) is 7.12. The van der Waals surface area contributed by atoms with Crippen LogP contribution in [-0.4, -0.2) is 35.0 Å². The second kappa shape index (κ2) is 7.13. The van der Waals surface area contributed by atoms with Crippen LogP contribution in [-0.2, 0) is 12.8 Å². The Balaban J connectivity index is 0.00000196. The van der Waals surface area contributed by atoms with E-state index in [0.29, 0.717) is 5.56 Å². The molecule has 0 radical (unpaired) electrons. The number of hydrogen-bond donors (Lipinski definition) is 2. The van der Waals surface area contributed by atoms with Crippen molar-refractivity contribution >= 4 is 25.3 Å². The van der Waals surface area contributed by atoms with Crippen molar-refractivity contribution in [1.29, 1.82) is 0 Å². The number of amides is 2. The number of carbonyl (C=O) groups is 2. The summed E-state index contributed by atoms with van der Waals surface area (Å²) in [5.41, 5.74) is 5.34. The summed E-state index contributed by atoms with van der Waals surface area (Å²) in [7, 11) is 0. The van der Waals surface area contributed by atoms with Gasteiger partial charge in [-0.2, -0.15) is 13.5 Å². The lowest BCUT2D eigenvalue weighted by Gasteiger charge is -2.23. The van der Waals surface area contributed by atoms with Gasteiger partial charge in [0.25, 0.3) is 11.8 Å². The van der Waals surface area contributed by atoms with E-state index in [9.17, 15) is 9.59 Å². The Hall–Kier alpha value is -2.31. The number of carbonyl (C=O) groups excluding carboxylic acids is 2. The first-order chi connectivity index (χ1) is 12.1. The predicted octanol–water partition coefficient (Wildman–Crippen LogP) is 2.55. The van der Waals surface area contributed by atoms with E-state index in [1.807, 2.05) is 47.4 Å². The average Bonchev–Trinajstić information content (AvgIpc) is 3.23. The van der Waals surface area contributed by atoms with Gasteiger partial charge in [-0.25, -0.2) is 5.48 Å². The molecule has 1 fully saturated rings. The summed E-state index contributed by atoms with van der Waals surface area (Å²) < 4.78 is 0. The summed E-state index contributed by atoms with van der Waals surface area (Å²) in [6.07, 6.45) is 2.77. The fourth-order valence-electron chi connectivity index (χ4n) is 4.20. The van der Waals surface area contributed by atoms with Gasteiger partial charge < -0.3 is 4.90 Å². The largest absolute Gasteiger partial charge is 0.338 e. The molecule has 1 spiro atoms. The highest BCUT2D eigenvalue weighted by molar-refractivity contribution is 7.59. The molecule has 1 atom stereocenters. The maximum Gasteiger partial charge on any atom is 0.274 e. The van der Waals surface area contributed by atoms with Crippen LogP contribution in [0.4, 0.5) is 0 Å². The van der Waals surface area contributed by atoms with E-state index >= 15 is 0 Å². The van der Waals surface area contributed by atoms with Gasteiger partial charge in [-0.15, -0.1) is 0 Å². The van der Waals surface area contributed by atoms with E-state index in [1.54, 1.807) is 11.5 Å². The molecular weight excluding hydrogens is 348 g/mol. The lowest BCUT2D eigenvalue weighted by atomic mass is 9.84. The summed E-state index contributed by atoms with van der Waals surface area (Å²) >= 11 is 0. The van der Waals surface area contributed by atoms with E-state index in [4.69, 9.17) is 5.21 Å². The second-order valence-electron chi connectivity index (χ2n) is 7.12. The van der Waals surface area contributed by atoms with Crippen molar-refractivity contribution < 1.29 is 14.8 Å². The minimum absolute atomic E-state index is 0. The summed E-state index contributed by atoms with van der Waals surface area (Å²) in [6.45, 7) is 1.52. The fourth-order valence-corrected chi connectivity index (χ4v) is 4.20. The molecular formula is C20H22N2O3S. The molecule has 1 aliphatic carbocycles. The van der Waals surface area contributed by atoms with Gasteiger partial charge in [0, 0.05) is 24.2 Å². The standard InChI is InChI=1S/C20H20N2O3.H2S/c23-18(21-25)15-6-7-16-11-20(12-17(16)10-15)8-9-22(13-20)19(24)14-4-2-1-3-5-14;/h1-7,10,25H,8-9,11-13H2,(H,21,23);1H2/t20-;/m0./s1. The molecule has 2 aliphatic rings. The van der Waals surface area contributed by atoms with Crippen molar-refractivity contribution in [1.82, 2.24) is 10.4 Å². The molecule has 2 amide bonds. The number of hydroxylamine groups is 1. The van der Waals surface area contributed by atoms with Crippen LogP contribution >= 0.6 is 13.5 Å². The van der Waals surface area contributed by atoms with Crippen LogP contribution in [0.1, 0.15) is 38.3 Å². The third-order valence-corrected chi connectivity index (χ3v) is 5.45. The molecule has 0 saturated carbocycles. The van der Waals surface area contributed by atoms with Gasteiger partial charge in [-0.1, -0.05) is 24.3 Å². The van der Waals surface area contributed by atoms with E-state index in [1.165, 1.54) is 5.56 Å². The summed E-state index contributed by atoms with van der Waals surface area (Å²) in [5, 5.41) is 8.80. The van der Waals surface area contributed by atoms with Crippen LogP contribution in [0.15, 0.2) is 48.5 Å². The number of rotatable bonds is 2. The smallest absolute Gasteiger partial charge is 0.274 e. The van der Waals surface area contributed by atoms with Crippen molar-refractivity contribution in [2.75, 3.05) is 13.1 Å². The maximum atomic E-state index is 12.7. The first-order valence-electron chi connectivity index (χ1n) is 8.51. The van der Waals surface area contributed by atoms with Crippen molar-refractivity contribution in [3.05, 3.63) is 70.8 Å². The molecule has 26 heavy (non-hydrogen) atoms. The van der Waals surface area contributed by atoms with E-state index in [0.717, 1.165) is 43.5 Å². The summed E-state index contributed by atoms with van der Waals surface area (Å²) in [5.74, 6) is -0.398. The quantitative estimate of drug-likeness (QED) is 0.630. The Labute approximate surface area is 159 Å². The Morgan fingerprint density at radius 1 is 1.00 bits per heavy atom. The number of hydrogen-bond acceptors (Lipinski definition) is 3. The van der Waals surface area contributed by atoms with Crippen LogP contribution < -0.4 is 5.48 Å². The molecule has 1 aliphatic heterocycles. The lowest BCUT2D eigenvalue weighted by Crippen LogP contribution is -2.32. The third-order valence-electron chi connectivity index (χ3n) is 5.45. The van der Waals surface area contributed by atoms with Crippen molar-refractivity contribution in [3.63, 3.8) is 0 Å². The molecule has 4 rings (SSSR count). The number of nitrogens with one attached hydrogen (secondary N) is 1. The monoisotopic (exact) mass is 370 g/mol. The van der Waals surface area contributed by atoms with Crippen molar-refractivity contribution in [2.45, 2.75) is 19.3 Å². The number of nitrogens with zero attached hydrogens (tertiary/aromatic N) is 1. The van der Waals surface area contributed by atoms with E-state index in [-0.39, 0.29) is 24.8 Å². The Bertz CT molecular complexity index is 840. The normalized spacial score (nSPS) is 20.6. The highest BCUT2D eigenvalue weighted by Gasteiger charge is 2.44. The van der Waals surface area contributed by atoms with Gasteiger partial charge in [-0.3, -0.25) is 14.8 Å². The van der Waals surface area contributed by atoms with Crippen molar-refractivity contribution in [2.24, 2.45) is 5.41 Å². The van der Waals surface area contributed by atoms with Crippen LogP contribution in [0, 0.1) is 5.41 Å². The fraction of sp³-hybridized carbons (Fsp3) is 0.300. The molecule has 2 aromatic carbocycles.